The van der Waals surface area contributed by atoms with Gasteiger partial charge in [0.2, 0.25) is 10.0 Å². The number of carbonyl (C=O) groups excluding carboxylic acids is 1. The van der Waals surface area contributed by atoms with Crippen molar-refractivity contribution in [2.45, 2.75) is 68.5 Å². The zero-order chi connectivity index (χ0) is 22.0. The van der Waals surface area contributed by atoms with Gasteiger partial charge in [0.05, 0.1) is 4.90 Å². The van der Waals surface area contributed by atoms with Gasteiger partial charge in [-0.05, 0) is 49.9 Å². The Balaban J connectivity index is 1.57. The van der Waals surface area contributed by atoms with Gasteiger partial charge in [0, 0.05) is 36.8 Å². The predicted octanol–water partition coefficient (Wildman–Crippen LogP) is 4.58. The van der Waals surface area contributed by atoms with Gasteiger partial charge in [-0.2, -0.15) is 4.31 Å². The van der Waals surface area contributed by atoms with Gasteiger partial charge in [-0.25, -0.2) is 12.8 Å². The van der Waals surface area contributed by atoms with Gasteiger partial charge in [0.15, 0.2) is 0 Å². The number of carbonyl (C=O) groups is 1. The van der Waals surface area contributed by atoms with Crippen molar-refractivity contribution in [3.05, 3.63) is 65.5 Å². The van der Waals surface area contributed by atoms with Gasteiger partial charge in [0.25, 0.3) is 5.91 Å². The molecule has 0 spiro atoms. The van der Waals surface area contributed by atoms with E-state index in [0.717, 1.165) is 44.9 Å². The summed E-state index contributed by atoms with van der Waals surface area (Å²) in [5, 5.41) is 0. The van der Waals surface area contributed by atoms with E-state index in [1.807, 2.05) is 0 Å². The number of hydrogen-bond donors (Lipinski definition) is 0. The van der Waals surface area contributed by atoms with Crippen LogP contribution in [0.15, 0.2) is 53.4 Å². The Bertz CT molecular complexity index is 1050. The second-order valence-electron chi connectivity index (χ2n) is 8.60. The smallest absolute Gasteiger partial charge is 0.254 e. The highest BCUT2D eigenvalue weighted by Gasteiger charge is 2.34. The molecule has 2 aromatic rings. The fourth-order valence-electron chi connectivity index (χ4n) is 4.33. The van der Waals surface area contributed by atoms with Crippen LogP contribution in [-0.2, 0) is 16.6 Å². The monoisotopic (exact) mass is 444 g/mol. The zero-order valence-electron chi connectivity index (χ0n) is 17.8. The summed E-state index contributed by atoms with van der Waals surface area (Å²) in [7, 11) is -2.05. The quantitative estimate of drug-likeness (QED) is 0.628. The Morgan fingerprint density at radius 1 is 0.968 bits per heavy atom. The SMILES string of the molecule is CN(C1CCCCC1)S(=O)(=O)c1cccc(C(=O)N(Cc2ccccc2F)C2CC2)c1. The van der Waals surface area contributed by atoms with Crippen molar-refractivity contribution in [1.29, 1.82) is 0 Å². The zero-order valence-corrected chi connectivity index (χ0v) is 18.7. The maximum absolute atomic E-state index is 14.2. The van der Waals surface area contributed by atoms with Crippen LogP contribution in [0, 0.1) is 5.82 Å². The summed E-state index contributed by atoms with van der Waals surface area (Å²) < 4.78 is 42.0. The molecule has 166 valence electrons. The van der Waals surface area contributed by atoms with Gasteiger partial charge < -0.3 is 4.90 Å². The Labute approximate surface area is 183 Å². The molecule has 1 amide bonds. The van der Waals surface area contributed by atoms with Crippen molar-refractivity contribution in [2.24, 2.45) is 0 Å². The van der Waals surface area contributed by atoms with Crippen molar-refractivity contribution < 1.29 is 17.6 Å². The number of hydrogen-bond acceptors (Lipinski definition) is 3. The number of rotatable bonds is 7. The molecule has 31 heavy (non-hydrogen) atoms. The van der Waals surface area contributed by atoms with Crippen molar-refractivity contribution in [2.75, 3.05) is 7.05 Å². The van der Waals surface area contributed by atoms with Crippen LogP contribution in [0.4, 0.5) is 4.39 Å². The molecule has 2 fully saturated rings. The van der Waals surface area contributed by atoms with Crippen LogP contribution in [0.3, 0.4) is 0 Å². The molecule has 0 N–H and O–H groups in total. The standard InChI is InChI=1S/C24H29FN2O3S/c1-26(20-10-3-2-4-11-20)31(29,30)22-12-7-9-18(16-22)24(28)27(21-14-15-21)17-19-8-5-6-13-23(19)25/h5-9,12-13,16,20-21H,2-4,10-11,14-15,17H2,1H3. The molecule has 2 aliphatic carbocycles. The molecule has 0 unspecified atom stereocenters. The van der Waals surface area contributed by atoms with E-state index in [1.54, 1.807) is 48.3 Å². The van der Waals surface area contributed by atoms with Gasteiger partial charge >= 0.3 is 0 Å². The lowest BCUT2D eigenvalue weighted by Gasteiger charge is -2.30. The molecular weight excluding hydrogens is 415 g/mol. The van der Waals surface area contributed by atoms with Crippen molar-refractivity contribution in [3.8, 4) is 0 Å². The number of amides is 1. The molecule has 0 bridgehead atoms. The Kier molecular flexibility index (Phi) is 6.44. The lowest BCUT2D eigenvalue weighted by molar-refractivity contribution is 0.0728. The summed E-state index contributed by atoms with van der Waals surface area (Å²) in [5.41, 5.74) is 0.782. The van der Waals surface area contributed by atoms with Gasteiger partial charge in [-0.15, -0.1) is 0 Å². The second kappa shape index (κ2) is 9.09. The number of nitrogens with zero attached hydrogens (tertiary/aromatic N) is 2. The Morgan fingerprint density at radius 3 is 2.35 bits per heavy atom. The second-order valence-corrected chi connectivity index (χ2v) is 10.6. The first-order valence-electron chi connectivity index (χ1n) is 11.0. The summed E-state index contributed by atoms with van der Waals surface area (Å²) in [6.45, 7) is 0.176. The average Bonchev–Trinajstić information content (AvgIpc) is 3.63. The minimum atomic E-state index is -3.69. The normalized spacial score (nSPS) is 17.6. The largest absolute Gasteiger partial charge is 0.331 e. The van der Waals surface area contributed by atoms with Crippen LogP contribution < -0.4 is 0 Å². The highest BCUT2D eigenvalue weighted by Crippen LogP contribution is 2.31. The highest BCUT2D eigenvalue weighted by atomic mass is 32.2. The highest BCUT2D eigenvalue weighted by molar-refractivity contribution is 7.89. The van der Waals surface area contributed by atoms with Crippen molar-refractivity contribution in [3.63, 3.8) is 0 Å². The molecule has 0 saturated heterocycles. The van der Waals surface area contributed by atoms with Gasteiger partial charge in [-0.3, -0.25) is 4.79 Å². The molecule has 5 nitrogen and oxygen atoms in total. The average molecular weight is 445 g/mol. The van der Waals surface area contributed by atoms with Gasteiger partial charge in [-0.1, -0.05) is 43.5 Å². The van der Waals surface area contributed by atoms with Crippen LogP contribution >= 0.6 is 0 Å². The molecule has 4 rings (SSSR count). The predicted molar refractivity (Wildman–Crippen MR) is 118 cm³/mol. The van der Waals surface area contributed by atoms with E-state index in [9.17, 15) is 17.6 Å². The molecule has 0 aliphatic heterocycles. The van der Waals surface area contributed by atoms with Crippen LogP contribution in [0.5, 0.6) is 0 Å². The fraction of sp³-hybridized carbons (Fsp3) is 0.458. The first-order valence-corrected chi connectivity index (χ1v) is 12.4. The molecule has 2 saturated carbocycles. The van der Waals surface area contributed by atoms with Crippen LogP contribution in [0.2, 0.25) is 0 Å². The third-order valence-corrected chi connectivity index (χ3v) is 8.30. The fourth-order valence-corrected chi connectivity index (χ4v) is 5.79. The molecule has 0 aromatic heterocycles. The molecule has 2 aliphatic rings. The summed E-state index contributed by atoms with van der Waals surface area (Å²) in [4.78, 5) is 15.1. The Morgan fingerprint density at radius 2 is 1.68 bits per heavy atom. The third kappa shape index (κ3) is 4.83. The van der Waals surface area contributed by atoms with E-state index in [4.69, 9.17) is 0 Å². The van der Waals surface area contributed by atoms with E-state index in [0.29, 0.717) is 11.1 Å². The lowest BCUT2D eigenvalue weighted by Crippen LogP contribution is -2.38. The summed E-state index contributed by atoms with van der Waals surface area (Å²) in [6.07, 6.45) is 6.71. The molecular formula is C24H29FN2O3S. The summed E-state index contributed by atoms with van der Waals surface area (Å²) in [5.74, 6) is -0.602. The van der Waals surface area contributed by atoms with Crippen molar-refractivity contribution >= 4 is 15.9 Å². The van der Waals surface area contributed by atoms with Crippen LogP contribution in [0.25, 0.3) is 0 Å². The van der Waals surface area contributed by atoms with Crippen LogP contribution in [-0.4, -0.2) is 42.7 Å². The Hall–Kier alpha value is -2.25. The van der Waals surface area contributed by atoms with E-state index in [2.05, 4.69) is 0 Å². The minimum Gasteiger partial charge on any atom is -0.331 e. The third-order valence-electron chi connectivity index (χ3n) is 6.39. The van der Waals surface area contributed by atoms with Crippen LogP contribution in [0.1, 0.15) is 60.9 Å². The number of benzene rings is 2. The molecule has 0 heterocycles. The van der Waals surface area contributed by atoms with E-state index >= 15 is 0 Å². The molecule has 0 radical (unpaired) electrons. The number of sulfonamides is 1. The minimum absolute atomic E-state index is 0.00197. The summed E-state index contributed by atoms with van der Waals surface area (Å²) in [6, 6.07) is 12.8. The molecule has 2 aromatic carbocycles. The first kappa shape index (κ1) is 22.0. The summed E-state index contributed by atoms with van der Waals surface area (Å²) >= 11 is 0. The van der Waals surface area contributed by atoms with E-state index in [-0.39, 0.29) is 35.2 Å². The maximum atomic E-state index is 14.2. The maximum Gasteiger partial charge on any atom is 0.254 e. The van der Waals surface area contributed by atoms with E-state index in [1.165, 1.54) is 16.4 Å². The lowest BCUT2D eigenvalue weighted by atomic mass is 9.96. The topological polar surface area (TPSA) is 57.7 Å². The van der Waals surface area contributed by atoms with Gasteiger partial charge in [0.1, 0.15) is 5.82 Å². The molecule has 7 heteroatoms. The molecule has 0 atom stereocenters. The van der Waals surface area contributed by atoms with E-state index < -0.39 is 10.0 Å². The van der Waals surface area contributed by atoms with Crippen molar-refractivity contribution in [1.82, 2.24) is 9.21 Å². The first-order chi connectivity index (χ1) is 14.9. The number of halogens is 1.